The van der Waals surface area contributed by atoms with Crippen molar-refractivity contribution >= 4 is 17.7 Å². The van der Waals surface area contributed by atoms with Gasteiger partial charge < -0.3 is 15.0 Å². The number of rotatable bonds is 9. The van der Waals surface area contributed by atoms with Gasteiger partial charge in [-0.05, 0) is 62.5 Å². The van der Waals surface area contributed by atoms with Gasteiger partial charge in [-0.3, -0.25) is 4.79 Å². The summed E-state index contributed by atoms with van der Waals surface area (Å²) in [6, 6.07) is 8.00. The molecule has 0 radical (unpaired) electrons. The molecule has 0 aliphatic carbocycles. The maximum Gasteiger partial charge on any atom is 0.230 e. The first-order valence-electron chi connectivity index (χ1n) is 8.87. The summed E-state index contributed by atoms with van der Waals surface area (Å²) in [4.78, 5) is 14.4. The molecule has 1 fully saturated rings. The Morgan fingerprint density at radius 3 is 2.67 bits per heavy atom. The Morgan fingerprint density at radius 1 is 1.29 bits per heavy atom. The lowest BCUT2D eigenvalue weighted by Crippen LogP contribution is -2.35. The van der Waals surface area contributed by atoms with Crippen LogP contribution in [0.3, 0.4) is 0 Å². The van der Waals surface area contributed by atoms with E-state index in [4.69, 9.17) is 4.74 Å². The molecule has 1 aliphatic rings. The van der Waals surface area contributed by atoms with E-state index in [0.717, 1.165) is 36.9 Å². The predicted molar refractivity (Wildman–Crippen MR) is 102 cm³/mol. The molecule has 0 aromatic heterocycles. The minimum Gasteiger partial charge on any atom is -0.497 e. The SMILES string of the molecule is COc1ccc(CSCC(=O)NCCCN2CCC(C)CC2)cc1. The van der Waals surface area contributed by atoms with Crippen molar-refractivity contribution in [2.45, 2.75) is 31.9 Å². The van der Waals surface area contributed by atoms with Crippen molar-refractivity contribution in [1.82, 2.24) is 10.2 Å². The second-order valence-corrected chi connectivity index (χ2v) is 7.55. The van der Waals surface area contributed by atoms with Gasteiger partial charge in [-0.1, -0.05) is 19.1 Å². The Morgan fingerprint density at radius 2 is 2.00 bits per heavy atom. The molecular formula is C19H30N2O2S. The van der Waals surface area contributed by atoms with E-state index in [1.807, 2.05) is 24.3 Å². The van der Waals surface area contributed by atoms with Crippen molar-refractivity contribution < 1.29 is 9.53 Å². The Hall–Kier alpha value is -1.20. The molecule has 1 aromatic carbocycles. The van der Waals surface area contributed by atoms with Crippen LogP contribution in [-0.2, 0) is 10.5 Å². The molecule has 0 bridgehead atoms. The molecule has 134 valence electrons. The van der Waals surface area contributed by atoms with E-state index >= 15 is 0 Å². The molecule has 5 heteroatoms. The number of methoxy groups -OCH3 is 1. The summed E-state index contributed by atoms with van der Waals surface area (Å²) in [7, 11) is 1.67. The number of nitrogens with one attached hydrogen (secondary N) is 1. The van der Waals surface area contributed by atoms with Crippen LogP contribution in [0.2, 0.25) is 0 Å². The standard InChI is InChI=1S/C19H30N2O2S/c1-16-8-12-21(13-9-16)11-3-10-20-19(22)15-24-14-17-4-6-18(23-2)7-5-17/h4-7,16H,3,8-15H2,1-2H3,(H,20,22). The first kappa shape index (κ1) is 19.1. The summed E-state index contributed by atoms with van der Waals surface area (Å²) in [5.74, 6) is 3.26. The molecule has 1 aliphatic heterocycles. The van der Waals surface area contributed by atoms with E-state index in [1.165, 1.54) is 31.5 Å². The summed E-state index contributed by atoms with van der Waals surface area (Å²) in [6.45, 7) is 6.65. The van der Waals surface area contributed by atoms with Gasteiger partial charge in [-0.25, -0.2) is 0 Å². The number of amides is 1. The lowest BCUT2D eigenvalue weighted by Gasteiger charge is -2.30. The summed E-state index contributed by atoms with van der Waals surface area (Å²) >= 11 is 1.65. The minimum absolute atomic E-state index is 0.140. The van der Waals surface area contributed by atoms with Gasteiger partial charge in [0.05, 0.1) is 12.9 Å². The Labute approximate surface area is 150 Å². The number of carbonyl (C=O) groups is 1. The molecule has 24 heavy (non-hydrogen) atoms. The number of hydrogen-bond acceptors (Lipinski definition) is 4. The first-order chi connectivity index (χ1) is 11.7. The summed E-state index contributed by atoms with van der Waals surface area (Å²) in [5, 5.41) is 3.03. The second-order valence-electron chi connectivity index (χ2n) is 6.57. The van der Waals surface area contributed by atoms with Crippen LogP contribution in [0.4, 0.5) is 0 Å². The van der Waals surface area contributed by atoms with Crippen molar-refractivity contribution in [3.8, 4) is 5.75 Å². The van der Waals surface area contributed by atoms with Crippen LogP contribution in [0.25, 0.3) is 0 Å². The fourth-order valence-electron chi connectivity index (χ4n) is 2.85. The molecule has 1 amide bonds. The molecule has 0 saturated carbocycles. The van der Waals surface area contributed by atoms with Crippen LogP contribution in [0.5, 0.6) is 5.75 Å². The third kappa shape index (κ3) is 7.14. The van der Waals surface area contributed by atoms with E-state index in [2.05, 4.69) is 17.1 Å². The summed E-state index contributed by atoms with van der Waals surface area (Å²) in [5.41, 5.74) is 1.22. The minimum atomic E-state index is 0.140. The number of thioether (sulfide) groups is 1. The van der Waals surface area contributed by atoms with E-state index in [9.17, 15) is 4.79 Å². The predicted octanol–water partition coefficient (Wildman–Crippen LogP) is 3.17. The highest BCUT2D eigenvalue weighted by atomic mass is 32.2. The van der Waals surface area contributed by atoms with Gasteiger partial charge in [-0.15, -0.1) is 11.8 Å². The average molecular weight is 351 g/mol. The van der Waals surface area contributed by atoms with Crippen molar-refractivity contribution in [2.75, 3.05) is 39.0 Å². The van der Waals surface area contributed by atoms with E-state index in [0.29, 0.717) is 5.75 Å². The Bertz CT molecular complexity index is 485. The highest BCUT2D eigenvalue weighted by Crippen LogP contribution is 2.17. The molecule has 2 rings (SSSR count). The molecule has 1 heterocycles. The quantitative estimate of drug-likeness (QED) is 0.695. The molecule has 1 N–H and O–H groups in total. The molecule has 1 saturated heterocycles. The molecule has 0 atom stereocenters. The number of piperidine rings is 1. The molecule has 0 unspecified atom stereocenters. The number of hydrogen-bond donors (Lipinski definition) is 1. The van der Waals surface area contributed by atoms with Crippen LogP contribution in [0, 0.1) is 5.92 Å². The Balaban J connectivity index is 1.50. The van der Waals surface area contributed by atoms with Gasteiger partial charge in [0.2, 0.25) is 5.91 Å². The normalized spacial score (nSPS) is 16.1. The number of nitrogens with zero attached hydrogens (tertiary/aromatic N) is 1. The second kappa shape index (κ2) is 10.6. The van der Waals surface area contributed by atoms with Crippen LogP contribution >= 0.6 is 11.8 Å². The van der Waals surface area contributed by atoms with Crippen LogP contribution in [-0.4, -0.2) is 49.8 Å². The van der Waals surface area contributed by atoms with Crippen molar-refractivity contribution in [2.24, 2.45) is 5.92 Å². The smallest absolute Gasteiger partial charge is 0.230 e. The van der Waals surface area contributed by atoms with Crippen molar-refractivity contribution in [3.63, 3.8) is 0 Å². The van der Waals surface area contributed by atoms with Gasteiger partial charge in [0, 0.05) is 12.3 Å². The summed E-state index contributed by atoms with van der Waals surface area (Å²) < 4.78 is 5.14. The monoisotopic (exact) mass is 350 g/mol. The maximum absolute atomic E-state index is 11.9. The number of carbonyl (C=O) groups excluding carboxylic acids is 1. The number of likely N-dealkylation sites (tertiary alicyclic amines) is 1. The van der Waals surface area contributed by atoms with E-state index < -0.39 is 0 Å². The molecule has 1 aromatic rings. The zero-order valence-corrected chi connectivity index (χ0v) is 15.7. The van der Waals surface area contributed by atoms with Crippen LogP contribution in [0.15, 0.2) is 24.3 Å². The largest absolute Gasteiger partial charge is 0.497 e. The third-order valence-electron chi connectivity index (χ3n) is 4.51. The van der Waals surface area contributed by atoms with Crippen LogP contribution in [0.1, 0.15) is 31.7 Å². The lowest BCUT2D eigenvalue weighted by molar-refractivity contribution is -0.118. The van der Waals surface area contributed by atoms with E-state index in [-0.39, 0.29) is 5.91 Å². The maximum atomic E-state index is 11.9. The molecule has 4 nitrogen and oxygen atoms in total. The molecular weight excluding hydrogens is 320 g/mol. The average Bonchev–Trinajstić information content (AvgIpc) is 2.61. The molecule has 0 spiro atoms. The zero-order chi connectivity index (χ0) is 17.2. The van der Waals surface area contributed by atoms with Gasteiger partial charge in [0.15, 0.2) is 0 Å². The highest BCUT2D eigenvalue weighted by Gasteiger charge is 2.14. The van der Waals surface area contributed by atoms with Gasteiger partial charge in [0.1, 0.15) is 5.75 Å². The zero-order valence-electron chi connectivity index (χ0n) is 14.9. The topological polar surface area (TPSA) is 41.6 Å². The van der Waals surface area contributed by atoms with Gasteiger partial charge in [-0.2, -0.15) is 0 Å². The lowest BCUT2D eigenvalue weighted by atomic mass is 9.99. The Kier molecular flexibility index (Phi) is 8.47. The van der Waals surface area contributed by atoms with Gasteiger partial charge >= 0.3 is 0 Å². The van der Waals surface area contributed by atoms with Crippen LogP contribution < -0.4 is 10.1 Å². The number of benzene rings is 1. The fourth-order valence-corrected chi connectivity index (χ4v) is 3.67. The number of ether oxygens (including phenoxy) is 1. The first-order valence-corrected chi connectivity index (χ1v) is 10.0. The van der Waals surface area contributed by atoms with Crippen molar-refractivity contribution in [1.29, 1.82) is 0 Å². The highest BCUT2D eigenvalue weighted by molar-refractivity contribution is 7.99. The van der Waals surface area contributed by atoms with Gasteiger partial charge in [0.25, 0.3) is 0 Å². The third-order valence-corrected chi connectivity index (χ3v) is 5.51. The van der Waals surface area contributed by atoms with Crippen molar-refractivity contribution in [3.05, 3.63) is 29.8 Å². The fraction of sp³-hybridized carbons (Fsp3) is 0.632. The summed E-state index contributed by atoms with van der Waals surface area (Å²) in [6.07, 6.45) is 3.67. The van der Waals surface area contributed by atoms with E-state index in [1.54, 1.807) is 18.9 Å².